The third-order valence-electron chi connectivity index (χ3n) is 5.60. The highest BCUT2D eigenvalue weighted by atomic mass is 16.7. The van der Waals surface area contributed by atoms with E-state index in [1.165, 1.54) is 44.9 Å². The van der Waals surface area contributed by atoms with Crippen LogP contribution in [0.3, 0.4) is 0 Å². The fraction of sp³-hybridized carbons (Fsp3) is 1.00. The standard InChI is InChI=1S/C16H31NO2/c1-18-16(19-2)10-8-14(12-15(16)9-11-17)13-6-4-3-5-7-13/h13-15H,3-12,17H2,1-2H3. The minimum absolute atomic E-state index is 0.370. The van der Waals surface area contributed by atoms with Gasteiger partial charge < -0.3 is 15.2 Å². The quantitative estimate of drug-likeness (QED) is 0.779. The zero-order valence-corrected chi connectivity index (χ0v) is 12.7. The molecule has 19 heavy (non-hydrogen) atoms. The maximum atomic E-state index is 5.80. The van der Waals surface area contributed by atoms with Crippen molar-refractivity contribution in [1.29, 1.82) is 0 Å². The predicted octanol–water partition coefficient (Wildman–Crippen LogP) is 3.32. The van der Waals surface area contributed by atoms with E-state index in [-0.39, 0.29) is 5.79 Å². The number of hydrogen-bond donors (Lipinski definition) is 1. The topological polar surface area (TPSA) is 44.5 Å². The van der Waals surface area contributed by atoms with Crippen LogP contribution in [0.2, 0.25) is 0 Å². The van der Waals surface area contributed by atoms with E-state index in [2.05, 4.69) is 0 Å². The van der Waals surface area contributed by atoms with Crippen LogP contribution in [0.25, 0.3) is 0 Å². The maximum Gasteiger partial charge on any atom is 0.170 e. The third-order valence-corrected chi connectivity index (χ3v) is 5.60. The zero-order valence-electron chi connectivity index (χ0n) is 12.7. The molecule has 2 saturated carbocycles. The molecule has 0 aromatic heterocycles. The highest BCUT2D eigenvalue weighted by Crippen LogP contribution is 2.46. The highest BCUT2D eigenvalue weighted by molar-refractivity contribution is 4.90. The molecule has 0 aliphatic heterocycles. The molecule has 2 aliphatic carbocycles. The van der Waals surface area contributed by atoms with Crippen LogP contribution in [0.5, 0.6) is 0 Å². The molecule has 3 heteroatoms. The Hall–Kier alpha value is -0.120. The van der Waals surface area contributed by atoms with Gasteiger partial charge in [0.05, 0.1) is 0 Å². The van der Waals surface area contributed by atoms with E-state index in [0.717, 1.165) is 31.2 Å². The summed E-state index contributed by atoms with van der Waals surface area (Å²) in [7, 11) is 3.57. The smallest absolute Gasteiger partial charge is 0.170 e. The predicted molar refractivity (Wildman–Crippen MR) is 77.8 cm³/mol. The fourth-order valence-corrected chi connectivity index (χ4v) is 4.45. The molecule has 0 aromatic rings. The Bertz CT molecular complexity index is 259. The summed E-state index contributed by atoms with van der Waals surface area (Å²) in [6.45, 7) is 0.733. The summed E-state index contributed by atoms with van der Waals surface area (Å²) in [5, 5.41) is 0. The molecule has 2 N–H and O–H groups in total. The second-order valence-electron chi connectivity index (χ2n) is 6.43. The number of nitrogens with two attached hydrogens (primary N) is 1. The van der Waals surface area contributed by atoms with E-state index < -0.39 is 0 Å². The zero-order chi connectivity index (χ0) is 13.7. The number of rotatable bonds is 5. The van der Waals surface area contributed by atoms with Crippen molar-refractivity contribution in [2.45, 2.75) is 63.6 Å². The SMILES string of the molecule is COC1(OC)CCC(C2CCCCC2)CC1CCN. The number of hydrogen-bond acceptors (Lipinski definition) is 3. The van der Waals surface area contributed by atoms with Crippen molar-refractivity contribution in [3.63, 3.8) is 0 Å². The Morgan fingerprint density at radius 1 is 1.00 bits per heavy atom. The van der Waals surface area contributed by atoms with Gasteiger partial charge in [-0.3, -0.25) is 0 Å². The lowest BCUT2D eigenvalue weighted by atomic mass is 9.67. The first-order valence-corrected chi connectivity index (χ1v) is 8.06. The molecule has 2 aliphatic rings. The van der Waals surface area contributed by atoms with E-state index in [0.29, 0.717) is 5.92 Å². The third kappa shape index (κ3) is 3.32. The molecule has 0 spiro atoms. The van der Waals surface area contributed by atoms with Crippen LogP contribution in [-0.2, 0) is 9.47 Å². The van der Waals surface area contributed by atoms with Crippen molar-refractivity contribution >= 4 is 0 Å². The van der Waals surface area contributed by atoms with Crippen LogP contribution in [0.4, 0.5) is 0 Å². The Balaban J connectivity index is 2.00. The van der Waals surface area contributed by atoms with Crippen molar-refractivity contribution in [3.05, 3.63) is 0 Å². The molecule has 0 bridgehead atoms. The van der Waals surface area contributed by atoms with Crippen molar-refractivity contribution in [3.8, 4) is 0 Å². The largest absolute Gasteiger partial charge is 0.353 e. The average Bonchev–Trinajstić information content (AvgIpc) is 2.49. The number of ether oxygens (including phenoxy) is 2. The molecule has 0 amide bonds. The lowest BCUT2D eigenvalue weighted by Gasteiger charge is -2.46. The minimum Gasteiger partial charge on any atom is -0.353 e. The van der Waals surface area contributed by atoms with Gasteiger partial charge in [0.1, 0.15) is 0 Å². The molecule has 2 unspecified atom stereocenters. The summed E-state index contributed by atoms with van der Waals surface area (Å²) in [5.74, 6) is 1.91. The van der Waals surface area contributed by atoms with E-state index in [1.807, 2.05) is 0 Å². The van der Waals surface area contributed by atoms with Gasteiger partial charge in [-0.15, -0.1) is 0 Å². The Labute approximate surface area is 118 Å². The van der Waals surface area contributed by atoms with Crippen molar-refractivity contribution < 1.29 is 9.47 Å². The van der Waals surface area contributed by atoms with Crippen LogP contribution in [0.15, 0.2) is 0 Å². The van der Waals surface area contributed by atoms with Crippen LogP contribution >= 0.6 is 0 Å². The van der Waals surface area contributed by atoms with Gasteiger partial charge in [0.25, 0.3) is 0 Å². The normalized spacial score (nSPS) is 32.4. The Morgan fingerprint density at radius 2 is 1.68 bits per heavy atom. The van der Waals surface area contributed by atoms with E-state index in [1.54, 1.807) is 14.2 Å². The second-order valence-corrected chi connectivity index (χ2v) is 6.43. The molecule has 0 saturated heterocycles. The second kappa shape index (κ2) is 7.05. The summed E-state index contributed by atoms with van der Waals surface area (Å²) in [4.78, 5) is 0. The Morgan fingerprint density at radius 3 is 2.26 bits per heavy atom. The van der Waals surface area contributed by atoms with Crippen LogP contribution in [0.1, 0.15) is 57.8 Å². The first-order chi connectivity index (χ1) is 9.25. The molecule has 0 heterocycles. The van der Waals surface area contributed by atoms with Crippen molar-refractivity contribution in [1.82, 2.24) is 0 Å². The molecule has 3 nitrogen and oxygen atoms in total. The van der Waals surface area contributed by atoms with Crippen LogP contribution < -0.4 is 5.73 Å². The Kier molecular flexibility index (Phi) is 5.67. The van der Waals surface area contributed by atoms with Gasteiger partial charge in [0.2, 0.25) is 0 Å². The summed E-state index contributed by atoms with van der Waals surface area (Å²) < 4.78 is 11.5. The van der Waals surface area contributed by atoms with Crippen LogP contribution in [-0.4, -0.2) is 26.6 Å². The lowest BCUT2D eigenvalue weighted by molar-refractivity contribution is -0.262. The molecule has 112 valence electrons. The van der Waals surface area contributed by atoms with Gasteiger partial charge in [0, 0.05) is 26.6 Å². The molecule has 2 atom stereocenters. The summed E-state index contributed by atoms with van der Waals surface area (Å²) in [5.41, 5.74) is 5.80. The summed E-state index contributed by atoms with van der Waals surface area (Å²) >= 11 is 0. The van der Waals surface area contributed by atoms with Crippen molar-refractivity contribution in [2.75, 3.05) is 20.8 Å². The molecular formula is C16H31NO2. The highest BCUT2D eigenvalue weighted by Gasteiger charge is 2.45. The minimum atomic E-state index is -0.370. The van der Waals surface area contributed by atoms with Gasteiger partial charge in [-0.1, -0.05) is 32.1 Å². The maximum absolute atomic E-state index is 5.80. The monoisotopic (exact) mass is 269 g/mol. The first kappa shape index (κ1) is 15.3. The van der Waals surface area contributed by atoms with Gasteiger partial charge in [-0.2, -0.15) is 0 Å². The van der Waals surface area contributed by atoms with E-state index in [9.17, 15) is 0 Å². The first-order valence-electron chi connectivity index (χ1n) is 8.06. The molecule has 0 aromatic carbocycles. The van der Waals surface area contributed by atoms with E-state index >= 15 is 0 Å². The summed E-state index contributed by atoms with van der Waals surface area (Å²) in [6, 6.07) is 0. The lowest BCUT2D eigenvalue weighted by Crippen LogP contribution is -2.48. The van der Waals surface area contributed by atoms with Crippen molar-refractivity contribution in [2.24, 2.45) is 23.5 Å². The number of methoxy groups -OCH3 is 2. The van der Waals surface area contributed by atoms with Gasteiger partial charge in [-0.25, -0.2) is 0 Å². The molecular weight excluding hydrogens is 238 g/mol. The molecule has 2 rings (SSSR count). The summed E-state index contributed by atoms with van der Waals surface area (Å²) in [6.07, 6.45) is 11.7. The van der Waals surface area contributed by atoms with Crippen LogP contribution in [0, 0.1) is 17.8 Å². The van der Waals surface area contributed by atoms with E-state index in [4.69, 9.17) is 15.2 Å². The van der Waals surface area contributed by atoms with Gasteiger partial charge >= 0.3 is 0 Å². The molecule has 2 fully saturated rings. The average molecular weight is 269 g/mol. The fourth-order valence-electron chi connectivity index (χ4n) is 4.45. The van der Waals surface area contributed by atoms with Gasteiger partial charge in [0.15, 0.2) is 5.79 Å². The molecule has 0 radical (unpaired) electrons. The van der Waals surface area contributed by atoms with Gasteiger partial charge in [-0.05, 0) is 37.6 Å².